The maximum Gasteiger partial charge on any atom is 0.228 e. The molecule has 2 saturated heterocycles. The average Bonchev–Trinajstić information content (AvgIpc) is 3.18. The number of epoxide rings is 1. The number of carbonyl (C=O) groups is 1. The Morgan fingerprint density at radius 1 is 1.23 bits per heavy atom. The Balaban J connectivity index is 1.76. The number of amides is 1. The summed E-state index contributed by atoms with van der Waals surface area (Å²) in [6.07, 6.45) is 3.54. The average molecular weight is 384 g/mol. The van der Waals surface area contributed by atoms with Gasteiger partial charge >= 0.3 is 0 Å². The molecule has 26 heavy (non-hydrogen) atoms. The zero-order chi connectivity index (χ0) is 19.5. The van der Waals surface area contributed by atoms with Gasteiger partial charge in [0.2, 0.25) is 5.91 Å². The molecule has 0 aromatic rings. The monoisotopic (exact) mass is 383 g/mol. The lowest BCUT2D eigenvalue weighted by atomic mass is 9.70. The van der Waals surface area contributed by atoms with Crippen LogP contribution in [0.5, 0.6) is 0 Å². The number of hydrogen-bond donors (Lipinski definition) is 1. The van der Waals surface area contributed by atoms with E-state index in [4.69, 9.17) is 13.9 Å². The normalized spacial score (nSPS) is 38.4. The van der Waals surface area contributed by atoms with E-state index in [1.807, 2.05) is 0 Å². The van der Waals surface area contributed by atoms with E-state index in [9.17, 15) is 4.79 Å². The molecule has 0 bridgehead atoms. The van der Waals surface area contributed by atoms with Crippen LogP contribution in [-0.2, 0) is 18.7 Å². The quantitative estimate of drug-likeness (QED) is 0.432. The van der Waals surface area contributed by atoms with E-state index in [2.05, 4.69) is 60.0 Å². The number of rotatable bonds is 6. The van der Waals surface area contributed by atoms with Gasteiger partial charge in [-0.05, 0) is 58.2 Å². The number of ether oxygens (including phenoxy) is 2. The molecule has 3 fully saturated rings. The Kier molecular flexibility index (Phi) is 5.13. The molecule has 3 rings (SSSR count). The van der Waals surface area contributed by atoms with Gasteiger partial charge in [-0.15, -0.1) is 0 Å². The highest BCUT2D eigenvalue weighted by atomic mass is 28.4. The smallest absolute Gasteiger partial charge is 0.228 e. The molecule has 0 spiro atoms. The fourth-order valence-corrected chi connectivity index (χ4v) is 5.89. The van der Waals surface area contributed by atoms with Gasteiger partial charge in [-0.2, -0.15) is 0 Å². The molecule has 2 heterocycles. The molecule has 6 heteroatoms. The van der Waals surface area contributed by atoms with Gasteiger partial charge in [-0.3, -0.25) is 4.79 Å². The third-order valence-electron chi connectivity index (χ3n) is 6.90. The van der Waals surface area contributed by atoms with E-state index in [-0.39, 0.29) is 52.9 Å². The van der Waals surface area contributed by atoms with Crippen LogP contribution < -0.4 is 5.32 Å². The van der Waals surface area contributed by atoms with Crippen LogP contribution in [-0.4, -0.2) is 50.3 Å². The Labute approximate surface area is 159 Å². The molecule has 150 valence electrons. The van der Waals surface area contributed by atoms with E-state index < -0.39 is 8.32 Å². The molecule has 2 aliphatic heterocycles. The maximum atomic E-state index is 12.5. The van der Waals surface area contributed by atoms with Crippen molar-refractivity contribution < 1.29 is 18.7 Å². The van der Waals surface area contributed by atoms with Crippen LogP contribution in [0.3, 0.4) is 0 Å². The van der Waals surface area contributed by atoms with Gasteiger partial charge in [-0.25, -0.2) is 0 Å². The van der Waals surface area contributed by atoms with Crippen LogP contribution in [0.4, 0.5) is 0 Å². The van der Waals surface area contributed by atoms with Crippen molar-refractivity contribution in [2.75, 3.05) is 0 Å². The van der Waals surface area contributed by atoms with Gasteiger partial charge in [0.1, 0.15) is 5.60 Å². The minimum atomic E-state index is -1.93. The Hall–Kier alpha value is -0.433. The van der Waals surface area contributed by atoms with Crippen molar-refractivity contribution >= 4 is 14.2 Å². The summed E-state index contributed by atoms with van der Waals surface area (Å²) < 4.78 is 19.0. The largest absolute Gasteiger partial charge is 0.413 e. The first kappa shape index (κ1) is 20.3. The summed E-state index contributed by atoms with van der Waals surface area (Å²) in [6.45, 7) is 17.4. The summed E-state index contributed by atoms with van der Waals surface area (Å²) >= 11 is 0. The molecular weight excluding hydrogens is 346 g/mol. The van der Waals surface area contributed by atoms with Gasteiger partial charge in [0.05, 0.1) is 36.4 Å². The second kappa shape index (κ2) is 6.57. The van der Waals surface area contributed by atoms with Crippen LogP contribution in [0.2, 0.25) is 18.1 Å². The van der Waals surface area contributed by atoms with Gasteiger partial charge in [0.25, 0.3) is 0 Å². The topological polar surface area (TPSA) is 60.1 Å². The second-order valence-electron chi connectivity index (χ2n) is 10.2. The van der Waals surface area contributed by atoms with Crippen molar-refractivity contribution in [3.63, 3.8) is 0 Å². The standard InChI is InChI=1S/C20H37NO4Si/c1-12(2)23-14-10-9-11-15-20(14,24-15)17-16(18(22)21-17)13(3)25-26(7,8)19(4,5)6/h12-17H,9-11H2,1-8H3,(H,21,22)/t13-,14?,15-,16-,17-,20+/m1/s1. The maximum absolute atomic E-state index is 12.5. The zero-order valence-electron chi connectivity index (χ0n) is 17.7. The van der Waals surface area contributed by atoms with E-state index in [0.717, 1.165) is 19.3 Å². The lowest BCUT2D eigenvalue weighted by molar-refractivity contribution is -0.149. The molecule has 0 aromatic heterocycles. The summed E-state index contributed by atoms with van der Waals surface area (Å²) in [4.78, 5) is 12.5. The molecule has 0 radical (unpaired) electrons. The van der Waals surface area contributed by atoms with Gasteiger partial charge in [0.15, 0.2) is 8.32 Å². The van der Waals surface area contributed by atoms with Crippen LogP contribution >= 0.6 is 0 Å². The van der Waals surface area contributed by atoms with E-state index in [1.54, 1.807) is 0 Å². The molecule has 6 atom stereocenters. The molecule has 5 nitrogen and oxygen atoms in total. The Bertz CT molecular complexity index is 559. The fraction of sp³-hybridized carbons (Fsp3) is 0.950. The molecule has 1 unspecified atom stereocenters. The van der Waals surface area contributed by atoms with Crippen molar-refractivity contribution in [2.24, 2.45) is 5.92 Å². The van der Waals surface area contributed by atoms with Crippen LogP contribution in [0.25, 0.3) is 0 Å². The van der Waals surface area contributed by atoms with Crippen LogP contribution in [0.1, 0.15) is 60.8 Å². The lowest BCUT2D eigenvalue weighted by Gasteiger charge is -2.49. The van der Waals surface area contributed by atoms with E-state index >= 15 is 0 Å². The van der Waals surface area contributed by atoms with Crippen molar-refractivity contribution in [3.8, 4) is 0 Å². The van der Waals surface area contributed by atoms with Gasteiger partial charge in [0, 0.05) is 0 Å². The first-order valence-electron chi connectivity index (χ1n) is 10.2. The molecule has 1 saturated carbocycles. The highest BCUT2D eigenvalue weighted by Crippen LogP contribution is 2.55. The third kappa shape index (κ3) is 3.27. The van der Waals surface area contributed by atoms with Crippen molar-refractivity contribution in [3.05, 3.63) is 0 Å². The van der Waals surface area contributed by atoms with Gasteiger partial charge < -0.3 is 19.2 Å². The highest BCUT2D eigenvalue weighted by molar-refractivity contribution is 6.74. The number of hydrogen-bond acceptors (Lipinski definition) is 4. The number of fused-ring (bicyclic) bond motifs is 1. The van der Waals surface area contributed by atoms with Crippen molar-refractivity contribution in [1.82, 2.24) is 5.32 Å². The highest BCUT2D eigenvalue weighted by Gasteiger charge is 2.73. The third-order valence-corrected chi connectivity index (χ3v) is 11.5. The summed E-state index contributed by atoms with van der Waals surface area (Å²) in [7, 11) is -1.93. The molecule has 1 aliphatic carbocycles. The lowest BCUT2D eigenvalue weighted by Crippen LogP contribution is -2.72. The molecule has 3 aliphatic rings. The minimum absolute atomic E-state index is 0.00354. The fourth-order valence-electron chi connectivity index (χ4n) is 4.46. The number of β-lactam (4-membered cyclic amide) rings is 1. The predicted molar refractivity (Wildman–Crippen MR) is 105 cm³/mol. The summed E-state index contributed by atoms with van der Waals surface area (Å²) in [5.74, 6) is -0.0517. The Morgan fingerprint density at radius 3 is 2.42 bits per heavy atom. The first-order chi connectivity index (χ1) is 11.9. The van der Waals surface area contributed by atoms with Crippen LogP contribution in [0.15, 0.2) is 0 Å². The summed E-state index contributed by atoms with van der Waals surface area (Å²) in [6, 6.07) is 0.00354. The summed E-state index contributed by atoms with van der Waals surface area (Å²) in [5, 5.41) is 3.27. The number of carbonyl (C=O) groups excluding carboxylic acids is 1. The second-order valence-corrected chi connectivity index (χ2v) is 14.9. The zero-order valence-corrected chi connectivity index (χ0v) is 18.7. The molecular formula is C20H37NO4Si. The molecule has 0 aromatic carbocycles. The minimum Gasteiger partial charge on any atom is -0.413 e. The Morgan fingerprint density at radius 2 is 1.88 bits per heavy atom. The summed E-state index contributed by atoms with van der Waals surface area (Å²) in [5.41, 5.74) is -0.341. The number of nitrogens with one attached hydrogen (secondary N) is 1. The first-order valence-corrected chi connectivity index (χ1v) is 13.1. The van der Waals surface area contributed by atoms with Crippen molar-refractivity contribution in [2.45, 2.75) is 115 Å². The van der Waals surface area contributed by atoms with Gasteiger partial charge in [-0.1, -0.05) is 20.8 Å². The van der Waals surface area contributed by atoms with E-state index in [0.29, 0.717) is 0 Å². The SMILES string of the molecule is CC(C)OC1CCC[C@H]2O[C@@]12[C@@H]1NC(=O)[C@@H]1[C@@H](C)O[Si](C)(C)C(C)(C)C. The molecule has 1 amide bonds. The predicted octanol–water partition coefficient (Wildman–Crippen LogP) is 3.63. The van der Waals surface area contributed by atoms with Crippen molar-refractivity contribution in [1.29, 1.82) is 0 Å². The molecule has 1 N–H and O–H groups in total. The van der Waals surface area contributed by atoms with E-state index in [1.165, 1.54) is 0 Å². The van der Waals surface area contributed by atoms with Crippen LogP contribution in [0, 0.1) is 5.92 Å².